The van der Waals surface area contributed by atoms with Crippen LogP contribution in [0, 0.1) is 0 Å². The minimum atomic E-state index is 0.436. The monoisotopic (exact) mass is 335 g/mol. The molecule has 0 aliphatic heterocycles. The second-order valence-corrected chi connectivity index (χ2v) is 6.11. The predicted octanol–water partition coefficient (Wildman–Crippen LogP) is 3.83. The molecule has 0 radical (unpaired) electrons. The normalized spacial score (nSPS) is 12.5. The van der Waals surface area contributed by atoms with Crippen molar-refractivity contribution in [3.63, 3.8) is 0 Å². The minimum Gasteiger partial charge on any atom is -0.368 e. The SMILES string of the molecule is CCN(CC)C(C)CNc1nc(-c2cccnc2)nc2ccccc12. The lowest BCUT2D eigenvalue weighted by atomic mass is 10.2. The molecular weight excluding hydrogens is 310 g/mol. The van der Waals surface area contributed by atoms with Crippen molar-refractivity contribution in [1.82, 2.24) is 19.9 Å². The van der Waals surface area contributed by atoms with Crippen LogP contribution in [0.1, 0.15) is 20.8 Å². The van der Waals surface area contributed by atoms with Gasteiger partial charge in [-0.2, -0.15) is 0 Å². The number of anilines is 1. The van der Waals surface area contributed by atoms with E-state index < -0.39 is 0 Å². The molecule has 0 fully saturated rings. The number of hydrogen-bond acceptors (Lipinski definition) is 5. The maximum absolute atomic E-state index is 4.77. The number of pyridine rings is 1. The zero-order chi connectivity index (χ0) is 17.6. The number of aromatic nitrogens is 3. The molecule has 1 unspecified atom stereocenters. The van der Waals surface area contributed by atoms with Crippen LogP contribution in [0.5, 0.6) is 0 Å². The Morgan fingerprint density at radius 2 is 1.84 bits per heavy atom. The third-order valence-corrected chi connectivity index (χ3v) is 4.52. The molecule has 0 saturated carbocycles. The first kappa shape index (κ1) is 17.3. The van der Waals surface area contributed by atoms with E-state index in [4.69, 9.17) is 9.97 Å². The van der Waals surface area contributed by atoms with Gasteiger partial charge in [-0.3, -0.25) is 9.88 Å². The van der Waals surface area contributed by atoms with Crippen molar-refractivity contribution in [2.24, 2.45) is 0 Å². The van der Waals surface area contributed by atoms with Crippen LogP contribution < -0.4 is 5.32 Å². The molecule has 2 heterocycles. The number of benzene rings is 1. The lowest BCUT2D eigenvalue weighted by Crippen LogP contribution is -2.37. The van der Waals surface area contributed by atoms with E-state index in [0.29, 0.717) is 11.9 Å². The van der Waals surface area contributed by atoms with Crippen LogP contribution in [0.25, 0.3) is 22.3 Å². The molecule has 0 saturated heterocycles. The van der Waals surface area contributed by atoms with Crippen LogP contribution >= 0.6 is 0 Å². The highest BCUT2D eigenvalue weighted by atomic mass is 15.2. The number of hydrogen-bond donors (Lipinski definition) is 1. The number of nitrogens with one attached hydrogen (secondary N) is 1. The fourth-order valence-electron chi connectivity index (χ4n) is 3.06. The van der Waals surface area contributed by atoms with Gasteiger partial charge in [0.2, 0.25) is 0 Å². The third-order valence-electron chi connectivity index (χ3n) is 4.52. The Balaban J connectivity index is 1.93. The quantitative estimate of drug-likeness (QED) is 0.711. The maximum Gasteiger partial charge on any atom is 0.163 e. The van der Waals surface area contributed by atoms with Crippen LogP contribution in [0.4, 0.5) is 5.82 Å². The first-order valence-corrected chi connectivity index (χ1v) is 8.88. The summed E-state index contributed by atoms with van der Waals surface area (Å²) in [7, 11) is 0. The highest BCUT2D eigenvalue weighted by Gasteiger charge is 2.13. The molecule has 25 heavy (non-hydrogen) atoms. The summed E-state index contributed by atoms with van der Waals surface area (Å²) in [5, 5.41) is 4.58. The molecule has 0 spiro atoms. The first-order chi connectivity index (χ1) is 12.2. The molecule has 1 N–H and O–H groups in total. The maximum atomic E-state index is 4.77. The number of rotatable bonds is 7. The lowest BCUT2D eigenvalue weighted by molar-refractivity contribution is 0.240. The molecular formula is C20H25N5. The zero-order valence-corrected chi connectivity index (χ0v) is 15.1. The van der Waals surface area contributed by atoms with Crippen LogP contribution in [-0.4, -0.2) is 45.5 Å². The molecule has 5 nitrogen and oxygen atoms in total. The molecule has 3 rings (SSSR count). The Morgan fingerprint density at radius 3 is 2.56 bits per heavy atom. The second kappa shape index (κ2) is 8.03. The van der Waals surface area contributed by atoms with Gasteiger partial charge in [-0.05, 0) is 44.3 Å². The van der Waals surface area contributed by atoms with Gasteiger partial charge in [-0.1, -0.05) is 26.0 Å². The van der Waals surface area contributed by atoms with Crippen molar-refractivity contribution in [2.45, 2.75) is 26.8 Å². The molecule has 1 atom stereocenters. The van der Waals surface area contributed by atoms with Crippen molar-refractivity contribution in [2.75, 3.05) is 25.0 Å². The van der Waals surface area contributed by atoms with Crippen molar-refractivity contribution in [1.29, 1.82) is 0 Å². The molecule has 130 valence electrons. The first-order valence-electron chi connectivity index (χ1n) is 8.88. The Labute approximate surface area is 149 Å². The van der Waals surface area contributed by atoms with Crippen LogP contribution in [0.15, 0.2) is 48.8 Å². The molecule has 2 aromatic heterocycles. The molecule has 0 aliphatic rings. The van der Waals surface area contributed by atoms with E-state index in [-0.39, 0.29) is 0 Å². The van der Waals surface area contributed by atoms with Gasteiger partial charge in [-0.25, -0.2) is 9.97 Å². The molecule has 5 heteroatoms. The summed E-state index contributed by atoms with van der Waals surface area (Å²) in [6, 6.07) is 12.4. The van der Waals surface area contributed by atoms with Gasteiger partial charge in [0.25, 0.3) is 0 Å². The van der Waals surface area contributed by atoms with Gasteiger partial charge in [0.15, 0.2) is 5.82 Å². The van der Waals surface area contributed by atoms with Crippen molar-refractivity contribution < 1.29 is 0 Å². The predicted molar refractivity (Wildman–Crippen MR) is 104 cm³/mol. The summed E-state index contributed by atoms with van der Waals surface area (Å²) in [5.41, 5.74) is 1.86. The number of fused-ring (bicyclic) bond motifs is 1. The number of likely N-dealkylation sites (N-methyl/N-ethyl adjacent to an activating group) is 1. The van der Waals surface area contributed by atoms with E-state index in [9.17, 15) is 0 Å². The molecule has 1 aromatic carbocycles. The van der Waals surface area contributed by atoms with Crippen LogP contribution in [0.3, 0.4) is 0 Å². The van der Waals surface area contributed by atoms with E-state index >= 15 is 0 Å². The topological polar surface area (TPSA) is 53.9 Å². The Kier molecular flexibility index (Phi) is 5.56. The number of nitrogens with zero attached hydrogens (tertiary/aromatic N) is 4. The average molecular weight is 335 g/mol. The van der Waals surface area contributed by atoms with Crippen molar-refractivity contribution in [3.8, 4) is 11.4 Å². The van der Waals surface area contributed by atoms with Gasteiger partial charge in [0, 0.05) is 35.9 Å². The Hall–Kier alpha value is -2.53. The standard InChI is InChI=1S/C20H25N5/c1-4-25(5-2)15(3)13-22-20-17-10-6-7-11-18(17)23-19(24-20)16-9-8-12-21-14-16/h6-12,14-15H,4-5,13H2,1-3H3,(H,22,23,24). The van der Waals surface area contributed by atoms with Crippen molar-refractivity contribution in [3.05, 3.63) is 48.8 Å². The second-order valence-electron chi connectivity index (χ2n) is 6.11. The van der Waals surface area contributed by atoms with Gasteiger partial charge in [-0.15, -0.1) is 0 Å². The molecule has 3 aromatic rings. The number of para-hydroxylation sites is 1. The van der Waals surface area contributed by atoms with Gasteiger partial charge in [0.05, 0.1) is 5.52 Å². The summed E-state index contributed by atoms with van der Waals surface area (Å²) in [6.07, 6.45) is 3.56. The van der Waals surface area contributed by atoms with E-state index in [1.54, 1.807) is 12.4 Å². The van der Waals surface area contributed by atoms with Gasteiger partial charge < -0.3 is 5.32 Å². The minimum absolute atomic E-state index is 0.436. The summed E-state index contributed by atoms with van der Waals surface area (Å²) in [6.45, 7) is 9.57. The fraction of sp³-hybridized carbons (Fsp3) is 0.350. The Bertz CT molecular complexity index is 815. The summed E-state index contributed by atoms with van der Waals surface area (Å²) in [4.78, 5) is 16.1. The summed E-state index contributed by atoms with van der Waals surface area (Å²) >= 11 is 0. The third kappa shape index (κ3) is 3.94. The molecule has 0 aliphatic carbocycles. The van der Waals surface area contributed by atoms with Crippen LogP contribution in [-0.2, 0) is 0 Å². The highest BCUT2D eigenvalue weighted by Crippen LogP contribution is 2.24. The fourth-order valence-corrected chi connectivity index (χ4v) is 3.06. The van der Waals surface area contributed by atoms with Gasteiger partial charge in [0.1, 0.15) is 5.82 Å². The highest BCUT2D eigenvalue weighted by molar-refractivity contribution is 5.90. The zero-order valence-electron chi connectivity index (χ0n) is 15.1. The largest absolute Gasteiger partial charge is 0.368 e. The summed E-state index contributed by atoms with van der Waals surface area (Å²) in [5.74, 6) is 1.58. The average Bonchev–Trinajstić information content (AvgIpc) is 2.67. The Morgan fingerprint density at radius 1 is 1.04 bits per heavy atom. The van der Waals surface area contributed by atoms with E-state index in [0.717, 1.165) is 41.9 Å². The van der Waals surface area contributed by atoms with E-state index in [1.807, 2.05) is 30.3 Å². The van der Waals surface area contributed by atoms with E-state index in [2.05, 4.69) is 42.0 Å². The lowest BCUT2D eigenvalue weighted by Gasteiger charge is -2.26. The van der Waals surface area contributed by atoms with Gasteiger partial charge >= 0.3 is 0 Å². The van der Waals surface area contributed by atoms with Crippen molar-refractivity contribution >= 4 is 16.7 Å². The smallest absolute Gasteiger partial charge is 0.163 e. The van der Waals surface area contributed by atoms with Crippen LogP contribution in [0.2, 0.25) is 0 Å². The summed E-state index contributed by atoms with van der Waals surface area (Å²) < 4.78 is 0. The molecule has 0 bridgehead atoms. The van der Waals surface area contributed by atoms with E-state index in [1.165, 1.54) is 0 Å². The molecule has 0 amide bonds.